The van der Waals surface area contributed by atoms with Gasteiger partial charge in [0.25, 0.3) is 0 Å². The second-order valence-electron chi connectivity index (χ2n) is 5.10. The number of aryl methyl sites for hydroxylation is 1. The number of halogens is 1. The van der Waals surface area contributed by atoms with E-state index >= 15 is 0 Å². The number of aromatic nitrogens is 1. The van der Waals surface area contributed by atoms with E-state index in [1.807, 2.05) is 31.2 Å². The maximum atomic E-state index is 6.01. The summed E-state index contributed by atoms with van der Waals surface area (Å²) in [5.74, 6) is 1.61. The highest BCUT2D eigenvalue weighted by molar-refractivity contribution is 9.10. The van der Waals surface area contributed by atoms with Crippen molar-refractivity contribution in [2.45, 2.75) is 33.2 Å². The molecule has 0 amide bonds. The molecule has 3 nitrogen and oxygen atoms in total. The highest BCUT2D eigenvalue weighted by Crippen LogP contribution is 2.32. The Kier molecular flexibility index (Phi) is 5.76. The monoisotopic (exact) mass is 348 g/mol. The molecule has 0 bridgehead atoms. The largest absolute Gasteiger partial charge is 0.455 e. The molecule has 0 saturated carbocycles. The summed E-state index contributed by atoms with van der Waals surface area (Å²) in [4.78, 5) is 4.27. The first kappa shape index (κ1) is 16.0. The van der Waals surface area contributed by atoms with Crippen LogP contribution in [0.15, 0.2) is 41.0 Å². The zero-order chi connectivity index (χ0) is 15.2. The number of nitrogens with one attached hydrogen (secondary N) is 1. The first-order valence-electron chi connectivity index (χ1n) is 7.23. The number of hydrogen-bond donors (Lipinski definition) is 1. The number of hydrogen-bond acceptors (Lipinski definition) is 3. The topological polar surface area (TPSA) is 34.1 Å². The fourth-order valence-electron chi connectivity index (χ4n) is 2.07. The summed E-state index contributed by atoms with van der Waals surface area (Å²) < 4.78 is 7.02. The van der Waals surface area contributed by atoms with E-state index in [9.17, 15) is 0 Å². The minimum Gasteiger partial charge on any atom is -0.455 e. The molecular formula is C17H21BrN2O. The van der Waals surface area contributed by atoms with Crippen LogP contribution in [0.3, 0.4) is 0 Å². The van der Waals surface area contributed by atoms with Gasteiger partial charge in [0.15, 0.2) is 0 Å². The van der Waals surface area contributed by atoms with Crippen molar-refractivity contribution >= 4 is 15.9 Å². The van der Waals surface area contributed by atoms with E-state index in [0.717, 1.165) is 40.2 Å². The second kappa shape index (κ2) is 7.57. The summed E-state index contributed by atoms with van der Waals surface area (Å²) in [5.41, 5.74) is 2.13. The quantitative estimate of drug-likeness (QED) is 0.796. The lowest BCUT2D eigenvalue weighted by Crippen LogP contribution is -2.19. The van der Waals surface area contributed by atoms with Crippen LogP contribution in [0.1, 0.15) is 37.6 Å². The first-order valence-corrected chi connectivity index (χ1v) is 8.02. The van der Waals surface area contributed by atoms with Crippen LogP contribution in [-0.4, -0.2) is 11.5 Å². The third-order valence-corrected chi connectivity index (χ3v) is 3.75. The van der Waals surface area contributed by atoms with Gasteiger partial charge in [-0.1, -0.05) is 28.9 Å². The van der Waals surface area contributed by atoms with Crippen LogP contribution in [0.4, 0.5) is 0 Å². The number of benzene rings is 1. The Hall–Kier alpha value is -1.39. The van der Waals surface area contributed by atoms with Crippen molar-refractivity contribution in [1.82, 2.24) is 10.3 Å². The molecule has 0 aliphatic rings. The molecule has 1 aromatic heterocycles. The van der Waals surface area contributed by atoms with Gasteiger partial charge in [-0.2, -0.15) is 0 Å². The normalized spacial score (nSPS) is 12.2. The highest BCUT2D eigenvalue weighted by Gasteiger charge is 2.12. The van der Waals surface area contributed by atoms with Crippen LogP contribution in [-0.2, 0) is 0 Å². The molecule has 21 heavy (non-hydrogen) atoms. The zero-order valence-corrected chi connectivity index (χ0v) is 14.3. The average molecular weight is 349 g/mol. The predicted molar refractivity (Wildman–Crippen MR) is 89.9 cm³/mol. The van der Waals surface area contributed by atoms with Crippen LogP contribution in [0.5, 0.6) is 11.5 Å². The second-order valence-corrected chi connectivity index (χ2v) is 6.01. The Balaban J connectivity index is 2.24. The van der Waals surface area contributed by atoms with E-state index in [2.05, 4.69) is 46.1 Å². The van der Waals surface area contributed by atoms with E-state index in [1.165, 1.54) is 0 Å². The lowest BCUT2D eigenvalue weighted by atomic mass is 10.1. The number of nitrogens with zero attached hydrogens (tertiary/aromatic N) is 1. The van der Waals surface area contributed by atoms with Crippen LogP contribution >= 0.6 is 15.9 Å². The Bertz CT molecular complexity index is 584. The fraction of sp³-hybridized carbons (Fsp3) is 0.353. The lowest BCUT2D eigenvalue weighted by molar-refractivity contribution is 0.458. The molecule has 1 aromatic carbocycles. The minimum absolute atomic E-state index is 0.242. The Morgan fingerprint density at radius 1 is 1.29 bits per heavy atom. The van der Waals surface area contributed by atoms with Gasteiger partial charge in [-0.25, -0.2) is 0 Å². The summed E-state index contributed by atoms with van der Waals surface area (Å²) in [6.07, 6.45) is 2.86. The van der Waals surface area contributed by atoms with Gasteiger partial charge in [0.1, 0.15) is 11.5 Å². The highest BCUT2D eigenvalue weighted by atomic mass is 79.9. The van der Waals surface area contributed by atoms with Crippen molar-refractivity contribution in [2.75, 3.05) is 6.54 Å². The summed E-state index contributed by atoms with van der Waals surface area (Å²) in [7, 11) is 0. The molecule has 4 heteroatoms. The van der Waals surface area contributed by atoms with Gasteiger partial charge >= 0.3 is 0 Å². The Labute approximate surface area is 134 Å². The van der Waals surface area contributed by atoms with Crippen LogP contribution < -0.4 is 10.1 Å². The number of pyridine rings is 1. The molecule has 0 radical (unpaired) electrons. The summed E-state index contributed by atoms with van der Waals surface area (Å²) in [6, 6.07) is 10.3. The van der Waals surface area contributed by atoms with E-state index in [4.69, 9.17) is 4.74 Å². The van der Waals surface area contributed by atoms with E-state index < -0.39 is 0 Å². The lowest BCUT2D eigenvalue weighted by Gasteiger charge is -2.18. The maximum absolute atomic E-state index is 6.01. The van der Waals surface area contributed by atoms with E-state index in [1.54, 1.807) is 6.20 Å². The molecule has 2 rings (SSSR count). The van der Waals surface area contributed by atoms with Gasteiger partial charge in [-0.15, -0.1) is 0 Å². The van der Waals surface area contributed by atoms with Gasteiger partial charge in [0.05, 0.1) is 6.20 Å². The molecule has 0 aliphatic carbocycles. The SMILES string of the molecule is CCCNC(C)c1ccc(Br)cc1Oc1ccc(C)nc1. The van der Waals surface area contributed by atoms with Crippen LogP contribution in [0, 0.1) is 6.92 Å². The standard InChI is InChI=1S/C17H21BrN2O/c1-4-9-19-13(3)16-8-6-14(18)10-17(16)21-15-7-5-12(2)20-11-15/h5-8,10-11,13,19H,4,9H2,1-3H3. The van der Waals surface area contributed by atoms with E-state index in [-0.39, 0.29) is 6.04 Å². The molecule has 1 heterocycles. The van der Waals surface area contributed by atoms with Gasteiger partial charge in [0, 0.05) is 21.8 Å². The Morgan fingerprint density at radius 2 is 2.10 bits per heavy atom. The van der Waals surface area contributed by atoms with Crippen molar-refractivity contribution in [2.24, 2.45) is 0 Å². The number of ether oxygens (including phenoxy) is 1. The molecular weight excluding hydrogens is 328 g/mol. The molecule has 1 atom stereocenters. The molecule has 0 spiro atoms. The van der Waals surface area contributed by atoms with Crippen molar-refractivity contribution in [3.63, 3.8) is 0 Å². The van der Waals surface area contributed by atoms with Gasteiger partial charge in [-0.05, 0) is 51.1 Å². The minimum atomic E-state index is 0.242. The fourth-order valence-corrected chi connectivity index (χ4v) is 2.41. The van der Waals surface area contributed by atoms with Gasteiger partial charge in [-0.3, -0.25) is 4.98 Å². The third-order valence-electron chi connectivity index (χ3n) is 3.25. The van der Waals surface area contributed by atoms with Crippen molar-refractivity contribution in [1.29, 1.82) is 0 Å². The average Bonchev–Trinajstić information content (AvgIpc) is 2.47. The molecule has 0 saturated heterocycles. The van der Waals surface area contributed by atoms with E-state index in [0.29, 0.717) is 0 Å². The summed E-state index contributed by atoms with van der Waals surface area (Å²) in [6.45, 7) is 7.27. The first-order chi connectivity index (χ1) is 10.1. The smallest absolute Gasteiger partial charge is 0.145 e. The zero-order valence-electron chi connectivity index (χ0n) is 12.7. The summed E-state index contributed by atoms with van der Waals surface area (Å²) in [5, 5.41) is 3.49. The maximum Gasteiger partial charge on any atom is 0.145 e. The van der Waals surface area contributed by atoms with Crippen molar-refractivity contribution in [3.05, 3.63) is 52.3 Å². The predicted octanol–water partition coefficient (Wildman–Crippen LogP) is 5.01. The third kappa shape index (κ3) is 4.55. The molecule has 0 aliphatic heterocycles. The summed E-state index contributed by atoms with van der Waals surface area (Å²) >= 11 is 3.51. The van der Waals surface area contributed by atoms with Gasteiger partial charge in [0.2, 0.25) is 0 Å². The Morgan fingerprint density at radius 3 is 2.76 bits per heavy atom. The molecule has 1 unspecified atom stereocenters. The van der Waals surface area contributed by atoms with Crippen molar-refractivity contribution < 1.29 is 4.74 Å². The van der Waals surface area contributed by atoms with Gasteiger partial charge < -0.3 is 10.1 Å². The molecule has 0 fully saturated rings. The van der Waals surface area contributed by atoms with Crippen molar-refractivity contribution in [3.8, 4) is 11.5 Å². The number of rotatable bonds is 6. The molecule has 2 aromatic rings. The molecule has 1 N–H and O–H groups in total. The molecule has 112 valence electrons. The van der Waals surface area contributed by atoms with Crippen LogP contribution in [0.2, 0.25) is 0 Å². The van der Waals surface area contributed by atoms with Crippen LogP contribution in [0.25, 0.3) is 0 Å².